The van der Waals surface area contributed by atoms with Gasteiger partial charge in [0.25, 0.3) is 0 Å². The van der Waals surface area contributed by atoms with Gasteiger partial charge in [-0.3, -0.25) is 14.5 Å². The molecule has 0 bridgehead atoms. The first-order valence-corrected chi connectivity index (χ1v) is 10.7. The van der Waals surface area contributed by atoms with Gasteiger partial charge < -0.3 is 15.8 Å². The summed E-state index contributed by atoms with van der Waals surface area (Å²) < 4.78 is 8.53. The maximum atomic E-state index is 11.4. The summed E-state index contributed by atoms with van der Waals surface area (Å²) in [7, 11) is 1.66. The molecule has 0 spiro atoms. The molecule has 33 heavy (non-hydrogen) atoms. The Kier molecular flexibility index (Phi) is 5.65. The zero-order valence-electron chi connectivity index (χ0n) is 18.1. The Labute approximate surface area is 189 Å². The van der Waals surface area contributed by atoms with Gasteiger partial charge in [0.05, 0.1) is 43.1 Å². The van der Waals surface area contributed by atoms with Gasteiger partial charge in [-0.15, -0.1) is 5.10 Å². The smallest absolute Gasteiger partial charge is 0.225 e. The molecule has 0 unspecified atom stereocenters. The minimum absolute atomic E-state index is 0.102. The third-order valence-electron chi connectivity index (χ3n) is 5.81. The van der Waals surface area contributed by atoms with Gasteiger partial charge in [-0.05, 0) is 31.4 Å². The Morgan fingerprint density at radius 3 is 2.91 bits per heavy atom. The molecule has 1 saturated carbocycles. The van der Waals surface area contributed by atoms with Crippen LogP contribution in [-0.4, -0.2) is 65.4 Å². The van der Waals surface area contributed by atoms with Gasteiger partial charge in [-0.25, -0.2) is 4.98 Å². The number of ether oxygens (including phenoxy) is 1. The lowest BCUT2D eigenvalue weighted by molar-refractivity contribution is -0.121. The number of carbonyl (C=O) groups is 1. The number of fused-ring (bicyclic) bond motifs is 1. The number of rotatable bonds is 8. The van der Waals surface area contributed by atoms with Crippen LogP contribution in [0.15, 0.2) is 36.9 Å². The highest BCUT2D eigenvalue weighted by atomic mass is 16.5. The highest BCUT2D eigenvalue weighted by molar-refractivity contribution is 5.77. The summed E-state index contributed by atoms with van der Waals surface area (Å²) in [5, 5.41) is 16.0. The molecular formula is C21H24N10O2. The number of carbonyl (C=O) groups excluding carboxylic acids is 1. The predicted molar refractivity (Wildman–Crippen MR) is 119 cm³/mol. The molecule has 4 aromatic heterocycles. The van der Waals surface area contributed by atoms with Crippen molar-refractivity contribution in [3.8, 4) is 16.9 Å². The number of hydrogen-bond acceptors (Lipinski definition) is 9. The van der Waals surface area contributed by atoms with Crippen molar-refractivity contribution in [2.75, 3.05) is 19.0 Å². The molecule has 1 amide bonds. The fourth-order valence-electron chi connectivity index (χ4n) is 4.01. The molecule has 12 heteroatoms. The van der Waals surface area contributed by atoms with E-state index in [4.69, 9.17) is 10.5 Å². The van der Waals surface area contributed by atoms with Crippen LogP contribution in [-0.2, 0) is 16.1 Å². The van der Waals surface area contributed by atoms with E-state index in [0.29, 0.717) is 36.7 Å². The SMILES string of the molecule is COCCn1cc(-c2ccc(-n3nnc4cnc(N[C@@H]5CC[C@@H](C(N)=O)C5)nc43)cn2)cn1. The average Bonchev–Trinajstić information content (AvgIpc) is 3.57. The van der Waals surface area contributed by atoms with Gasteiger partial charge in [0.1, 0.15) is 0 Å². The summed E-state index contributed by atoms with van der Waals surface area (Å²) in [4.78, 5) is 24.9. The van der Waals surface area contributed by atoms with Crippen LogP contribution in [0.5, 0.6) is 0 Å². The van der Waals surface area contributed by atoms with Gasteiger partial charge in [-0.1, -0.05) is 5.21 Å². The van der Waals surface area contributed by atoms with Crippen LogP contribution in [0.1, 0.15) is 19.3 Å². The Morgan fingerprint density at radius 1 is 1.24 bits per heavy atom. The normalized spacial score (nSPS) is 18.1. The topological polar surface area (TPSA) is 152 Å². The van der Waals surface area contributed by atoms with E-state index in [2.05, 4.69) is 35.7 Å². The van der Waals surface area contributed by atoms with E-state index in [0.717, 1.165) is 29.8 Å². The van der Waals surface area contributed by atoms with Crippen molar-refractivity contribution in [2.24, 2.45) is 11.7 Å². The van der Waals surface area contributed by atoms with Crippen molar-refractivity contribution >= 4 is 23.0 Å². The van der Waals surface area contributed by atoms with E-state index in [1.807, 2.05) is 23.0 Å². The summed E-state index contributed by atoms with van der Waals surface area (Å²) in [5.41, 5.74) is 9.02. The molecule has 0 radical (unpaired) electrons. The van der Waals surface area contributed by atoms with Gasteiger partial charge in [0, 0.05) is 30.8 Å². The molecule has 0 aromatic carbocycles. The van der Waals surface area contributed by atoms with Gasteiger partial charge in [0.15, 0.2) is 11.2 Å². The number of anilines is 1. The van der Waals surface area contributed by atoms with Crippen LogP contribution in [0, 0.1) is 5.92 Å². The molecule has 0 saturated heterocycles. The lowest BCUT2D eigenvalue weighted by Crippen LogP contribution is -2.23. The Hall–Kier alpha value is -3.93. The van der Waals surface area contributed by atoms with Crippen LogP contribution in [0.25, 0.3) is 28.1 Å². The zero-order valence-corrected chi connectivity index (χ0v) is 18.1. The standard InChI is InChI=1S/C21H24N10O2/c1-33-7-6-30-12-14(9-25-30)17-5-4-16(10-23-17)31-20-18(28-29-31)11-24-21(27-20)26-15-3-2-13(8-15)19(22)32/h4-5,9-13,15H,2-3,6-8H2,1H3,(H2,22,32)(H,24,26,27)/t13-,15-/m1/s1. The lowest BCUT2D eigenvalue weighted by atomic mass is 10.1. The number of nitrogens with two attached hydrogens (primary N) is 1. The fourth-order valence-corrected chi connectivity index (χ4v) is 4.01. The van der Waals surface area contributed by atoms with Crippen LogP contribution in [0.3, 0.4) is 0 Å². The molecule has 1 fully saturated rings. The van der Waals surface area contributed by atoms with E-state index in [1.54, 1.807) is 30.4 Å². The lowest BCUT2D eigenvalue weighted by Gasteiger charge is -2.12. The molecular weight excluding hydrogens is 424 g/mol. The van der Waals surface area contributed by atoms with E-state index >= 15 is 0 Å². The molecule has 12 nitrogen and oxygen atoms in total. The summed E-state index contributed by atoms with van der Waals surface area (Å²) in [6.07, 6.45) is 9.37. The third kappa shape index (κ3) is 4.37. The first-order chi connectivity index (χ1) is 16.1. The summed E-state index contributed by atoms with van der Waals surface area (Å²) in [6.45, 7) is 1.28. The fraction of sp³-hybridized carbons (Fsp3) is 0.381. The zero-order chi connectivity index (χ0) is 22.8. The third-order valence-corrected chi connectivity index (χ3v) is 5.81. The van der Waals surface area contributed by atoms with Crippen molar-refractivity contribution in [3.63, 3.8) is 0 Å². The molecule has 2 atom stereocenters. The number of hydrogen-bond donors (Lipinski definition) is 2. The molecule has 4 heterocycles. The highest BCUT2D eigenvalue weighted by Crippen LogP contribution is 2.27. The largest absolute Gasteiger partial charge is 0.383 e. The second kappa shape index (κ2) is 8.90. The Balaban J connectivity index is 1.34. The average molecular weight is 448 g/mol. The minimum atomic E-state index is -0.254. The van der Waals surface area contributed by atoms with E-state index in [9.17, 15) is 4.79 Å². The van der Waals surface area contributed by atoms with Gasteiger partial charge in [-0.2, -0.15) is 14.8 Å². The number of nitrogens with zero attached hydrogens (tertiary/aromatic N) is 8. The quantitative estimate of drug-likeness (QED) is 0.405. The molecule has 170 valence electrons. The molecule has 4 aromatic rings. The van der Waals surface area contributed by atoms with Crippen LogP contribution in [0.4, 0.5) is 5.95 Å². The Bertz CT molecular complexity index is 1270. The predicted octanol–water partition coefficient (Wildman–Crippen LogP) is 1.18. The van der Waals surface area contributed by atoms with Crippen molar-refractivity contribution < 1.29 is 9.53 Å². The van der Waals surface area contributed by atoms with Crippen molar-refractivity contribution in [2.45, 2.75) is 31.8 Å². The number of pyridine rings is 1. The van der Waals surface area contributed by atoms with Crippen molar-refractivity contribution in [1.82, 2.24) is 39.7 Å². The Morgan fingerprint density at radius 2 is 2.15 bits per heavy atom. The molecule has 0 aliphatic heterocycles. The van der Waals surface area contributed by atoms with E-state index < -0.39 is 0 Å². The van der Waals surface area contributed by atoms with Gasteiger partial charge in [0.2, 0.25) is 11.9 Å². The molecule has 1 aliphatic carbocycles. The minimum Gasteiger partial charge on any atom is -0.383 e. The van der Waals surface area contributed by atoms with Crippen molar-refractivity contribution in [3.05, 3.63) is 36.9 Å². The number of methoxy groups -OCH3 is 1. The van der Waals surface area contributed by atoms with Crippen LogP contribution < -0.4 is 11.1 Å². The monoisotopic (exact) mass is 448 g/mol. The molecule has 5 rings (SSSR count). The number of nitrogens with one attached hydrogen (secondary N) is 1. The van der Waals surface area contributed by atoms with Crippen LogP contribution >= 0.6 is 0 Å². The van der Waals surface area contributed by atoms with E-state index in [1.165, 1.54) is 0 Å². The summed E-state index contributed by atoms with van der Waals surface area (Å²) in [5.74, 6) is 0.112. The summed E-state index contributed by atoms with van der Waals surface area (Å²) >= 11 is 0. The maximum Gasteiger partial charge on any atom is 0.225 e. The maximum absolute atomic E-state index is 11.4. The van der Waals surface area contributed by atoms with Crippen LogP contribution in [0.2, 0.25) is 0 Å². The molecule has 1 aliphatic rings. The second-order valence-corrected chi connectivity index (χ2v) is 8.04. The van der Waals surface area contributed by atoms with Crippen molar-refractivity contribution in [1.29, 1.82) is 0 Å². The number of aromatic nitrogens is 8. The number of amides is 1. The first-order valence-electron chi connectivity index (χ1n) is 10.7. The molecule has 3 N–H and O–H groups in total. The summed E-state index contributed by atoms with van der Waals surface area (Å²) in [6, 6.07) is 3.92. The first kappa shape index (κ1) is 20.9. The highest BCUT2D eigenvalue weighted by Gasteiger charge is 2.28. The van der Waals surface area contributed by atoms with E-state index in [-0.39, 0.29) is 17.9 Å². The van der Waals surface area contributed by atoms with Gasteiger partial charge >= 0.3 is 0 Å². The number of primary amides is 1. The second-order valence-electron chi connectivity index (χ2n) is 8.04.